The molecule has 4 rings (SSSR count). The number of fused-ring (bicyclic) bond motifs is 1. The van der Waals surface area contributed by atoms with E-state index in [1.165, 1.54) is 40.3 Å². The van der Waals surface area contributed by atoms with E-state index in [0.29, 0.717) is 15.8 Å². The Kier molecular flexibility index (Phi) is 5.66. The molecule has 4 heterocycles. The number of carboxylic acids is 1. The van der Waals surface area contributed by atoms with Crippen LogP contribution in [0.2, 0.25) is 5.15 Å². The Morgan fingerprint density at radius 1 is 1.31 bits per heavy atom. The van der Waals surface area contributed by atoms with Crippen LogP contribution in [0.3, 0.4) is 0 Å². The minimum absolute atomic E-state index is 0.0660. The van der Waals surface area contributed by atoms with E-state index >= 15 is 0 Å². The molecule has 0 bridgehead atoms. The summed E-state index contributed by atoms with van der Waals surface area (Å²) in [6.45, 7) is 3.69. The molecule has 0 aliphatic heterocycles. The van der Waals surface area contributed by atoms with Crippen molar-refractivity contribution in [2.75, 3.05) is 5.32 Å². The second kappa shape index (κ2) is 8.29. The van der Waals surface area contributed by atoms with Crippen molar-refractivity contribution in [3.05, 3.63) is 68.1 Å². The van der Waals surface area contributed by atoms with Crippen LogP contribution in [-0.2, 0) is 7.05 Å². The van der Waals surface area contributed by atoms with Gasteiger partial charge in [0.1, 0.15) is 21.5 Å². The van der Waals surface area contributed by atoms with Crippen molar-refractivity contribution in [2.24, 2.45) is 7.05 Å². The van der Waals surface area contributed by atoms with Crippen LogP contribution in [0.1, 0.15) is 33.9 Å². The van der Waals surface area contributed by atoms with Gasteiger partial charge in [0.25, 0.3) is 5.56 Å². The summed E-state index contributed by atoms with van der Waals surface area (Å²) in [5, 5.41) is 12.7. The maximum atomic E-state index is 13.7. The molecule has 0 spiro atoms. The Bertz CT molecular complexity index is 1440. The molecular formula is C21H17ClFN5O3S. The molecule has 0 radical (unpaired) electrons. The van der Waals surface area contributed by atoms with E-state index in [1.54, 1.807) is 7.05 Å². The van der Waals surface area contributed by atoms with Crippen LogP contribution in [0.15, 0.2) is 35.4 Å². The van der Waals surface area contributed by atoms with Crippen LogP contribution in [0.5, 0.6) is 0 Å². The largest absolute Gasteiger partial charge is 0.476 e. The van der Waals surface area contributed by atoms with Crippen LogP contribution in [0.25, 0.3) is 21.6 Å². The molecule has 2 N–H and O–H groups in total. The van der Waals surface area contributed by atoms with Gasteiger partial charge in [0.2, 0.25) is 0 Å². The zero-order valence-corrected chi connectivity index (χ0v) is 18.8. The van der Waals surface area contributed by atoms with Gasteiger partial charge in [-0.2, -0.15) is 0 Å². The first-order chi connectivity index (χ1) is 15.2. The van der Waals surface area contributed by atoms with Crippen molar-refractivity contribution < 1.29 is 14.3 Å². The van der Waals surface area contributed by atoms with E-state index in [2.05, 4.69) is 20.3 Å². The third-order valence-corrected chi connectivity index (χ3v) is 6.28. The minimum atomic E-state index is -1.22. The molecule has 0 aromatic carbocycles. The number of aromatic carboxylic acids is 1. The van der Waals surface area contributed by atoms with E-state index in [4.69, 9.17) is 11.6 Å². The summed E-state index contributed by atoms with van der Waals surface area (Å²) in [5.41, 5.74) is 1.38. The van der Waals surface area contributed by atoms with E-state index in [-0.39, 0.29) is 27.9 Å². The van der Waals surface area contributed by atoms with Crippen LogP contribution in [-0.4, -0.2) is 30.6 Å². The van der Waals surface area contributed by atoms with Gasteiger partial charge in [-0.3, -0.25) is 14.3 Å². The van der Waals surface area contributed by atoms with Crippen LogP contribution in [0.4, 0.5) is 10.1 Å². The summed E-state index contributed by atoms with van der Waals surface area (Å²) in [6, 6.07) is 3.88. The number of nitrogens with zero attached hydrogens (tertiary/aromatic N) is 4. The van der Waals surface area contributed by atoms with Gasteiger partial charge < -0.3 is 10.4 Å². The lowest BCUT2D eigenvalue weighted by Gasteiger charge is -2.17. The molecule has 0 saturated carbocycles. The smallest absolute Gasteiger partial charge is 0.356 e. The summed E-state index contributed by atoms with van der Waals surface area (Å²) in [7, 11) is 1.57. The Hall–Kier alpha value is -3.37. The monoisotopic (exact) mass is 473 g/mol. The van der Waals surface area contributed by atoms with E-state index < -0.39 is 17.8 Å². The summed E-state index contributed by atoms with van der Waals surface area (Å²) in [6.07, 6.45) is 2.52. The Morgan fingerprint density at radius 2 is 2.06 bits per heavy atom. The highest BCUT2D eigenvalue weighted by molar-refractivity contribution is 7.19. The van der Waals surface area contributed by atoms with Gasteiger partial charge in [0, 0.05) is 29.2 Å². The van der Waals surface area contributed by atoms with Crippen molar-refractivity contribution in [2.45, 2.75) is 19.9 Å². The molecule has 1 unspecified atom stereocenters. The van der Waals surface area contributed by atoms with E-state index in [1.807, 2.05) is 13.8 Å². The lowest BCUT2D eigenvalue weighted by molar-refractivity contribution is 0.0691. The standard InChI is InChI=1S/C21H17ClFN5O3S/c1-9(25-13-4-5-14(22)26-16(13)21(30)31)15-10(2)32-18-17(15)27-19(28(3)20(18)29)11-6-12(23)8-24-7-11/h4-9,25H,1-3H3,(H,30,31). The number of aromatic nitrogens is 4. The average molecular weight is 474 g/mol. The van der Waals surface area contributed by atoms with Crippen molar-refractivity contribution in [1.82, 2.24) is 19.5 Å². The Labute approximate surface area is 190 Å². The number of carbonyl (C=O) groups is 1. The third-order valence-electron chi connectivity index (χ3n) is 4.97. The number of anilines is 1. The van der Waals surface area contributed by atoms with Gasteiger partial charge in [-0.25, -0.2) is 19.2 Å². The fraction of sp³-hybridized carbons (Fsp3) is 0.190. The zero-order chi connectivity index (χ0) is 23.2. The number of rotatable bonds is 5. The summed E-state index contributed by atoms with van der Waals surface area (Å²) in [4.78, 5) is 37.9. The predicted molar refractivity (Wildman–Crippen MR) is 121 cm³/mol. The number of pyridine rings is 2. The van der Waals surface area contributed by atoms with Crippen molar-refractivity contribution in [3.8, 4) is 11.4 Å². The van der Waals surface area contributed by atoms with Crippen LogP contribution >= 0.6 is 22.9 Å². The van der Waals surface area contributed by atoms with Gasteiger partial charge in [-0.1, -0.05) is 11.6 Å². The Balaban J connectivity index is 1.86. The van der Waals surface area contributed by atoms with Gasteiger partial charge in [-0.15, -0.1) is 11.3 Å². The number of nitrogens with one attached hydrogen (secondary N) is 1. The van der Waals surface area contributed by atoms with Gasteiger partial charge in [0.15, 0.2) is 5.69 Å². The molecule has 0 amide bonds. The van der Waals surface area contributed by atoms with Crippen LogP contribution in [0, 0.1) is 12.7 Å². The topological polar surface area (TPSA) is 110 Å². The third kappa shape index (κ3) is 3.82. The second-order valence-corrected chi connectivity index (χ2v) is 8.75. The first-order valence-electron chi connectivity index (χ1n) is 9.44. The fourth-order valence-electron chi connectivity index (χ4n) is 3.55. The SMILES string of the molecule is Cc1sc2c(=O)n(C)c(-c3cncc(F)c3)nc2c1C(C)Nc1ccc(Cl)nc1C(=O)O. The van der Waals surface area contributed by atoms with Gasteiger partial charge in [-0.05, 0) is 32.0 Å². The first kappa shape index (κ1) is 21.8. The molecule has 4 aromatic rings. The number of hydrogen-bond donors (Lipinski definition) is 2. The van der Waals surface area contributed by atoms with Crippen molar-refractivity contribution >= 4 is 44.8 Å². The van der Waals surface area contributed by atoms with Crippen LogP contribution < -0.4 is 10.9 Å². The molecule has 0 saturated heterocycles. The van der Waals surface area contributed by atoms with E-state index in [0.717, 1.165) is 16.6 Å². The maximum Gasteiger partial charge on any atom is 0.356 e. The molecule has 0 aliphatic rings. The normalized spacial score (nSPS) is 12.2. The second-order valence-electron chi connectivity index (χ2n) is 7.14. The molecular weight excluding hydrogens is 457 g/mol. The number of hydrogen-bond acceptors (Lipinski definition) is 7. The molecule has 4 aromatic heterocycles. The summed E-state index contributed by atoms with van der Waals surface area (Å²) in [5.74, 6) is -1.48. The highest BCUT2D eigenvalue weighted by Crippen LogP contribution is 2.35. The Morgan fingerprint density at radius 3 is 2.75 bits per heavy atom. The molecule has 1 atom stereocenters. The maximum absolute atomic E-state index is 13.7. The van der Waals surface area contributed by atoms with Crippen molar-refractivity contribution in [3.63, 3.8) is 0 Å². The number of aryl methyl sites for hydroxylation is 1. The highest BCUT2D eigenvalue weighted by atomic mass is 35.5. The quantitative estimate of drug-likeness (QED) is 0.413. The summed E-state index contributed by atoms with van der Waals surface area (Å²) < 4.78 is 15.6. The fourth-order valence-corrected chi connectivity index (χ4v) is 4.87. The lowest BCUT2D eigenvalue weighted by atomic mass is 10.1. The number of thiophene rings is 1. The lowest BCUT2D eigenvalue weighted by Crippen LogP contribution is -2.20. The van der Waals surface area contributed by atoms with Crippen molar-refractivity contribution in [1.29, 1.82) is 0 Å². The first-order valence-corrected chi connectivity index (χ1v) is 10.6. The highest BCUT2D eigenvalue weighted by Gasteiger charge is 2.23. The average Bonchev–Trinajstić information content (AvgIpc) is 3.08. The molecule has 8 nitrogen and oxygen atoms in total. The minimum Gasteiger partial charge on any atom is -0.476 e. The predicted octanol–water partition coefficient (Wildman–Crippen LogP) is 4.42. The van der Waals surface area contributed by atoms with Gasteiger partial charge in [0.05, 0.1) is 23.4 Å². The van der Waals surface area contributed by atoms with Gasteiger partial charge >= 0.3 is 5.97 Å². The number of carboxylic acid groups (broad SMARTS) is 1. The molecule has 11 heteroatoms. The summed E-state index contributed by atoms with van der Waals surface area (Å²) >= 11 is 7.14. The zero-order valence-electron chi connectivity index (χ0n) is 17.2. The molecule has 0 aliphatic carbocycles. The number of halogens is 2. The molecule has 164 valence electrons. The molecule has 32 heavy (non-hydrogen) atoms. The van der Waals surface area contributed by atoms with E-state index in [9.17, 15) is 19.1 Å². The molecule has 0 fully saturated rings.